The van der Waals surface area contributed by atoms with E-state index in [0.717, 1.165) is 24.2 Å². The SMILES string of the molecule is CCCCOc1ccc(-c2nc3s/c(=C\c4ccc(-c5ccccc5[N+](=O)[O-])o4)c(=O)n3n2)cc1. The molecule has 0 spiro atoms. The largest absolute Gasteiger partial charge is 0.494 e. The zero-order valence-electron chi connectivity index (χ0n) is 18.7. The second-order valence-corrected chi connectivity index (χ2v) is 8.76. The fourth-order valence-electron chi connectivity index (χ4n) is 3.54. The van der Waals surface area contributed by atoms with Crippen molar-refractivity contribution >= 4 is 28.1 Å². The molecule has 2 aromatic carbocycles. The normalized spacial score (nSPS) is 11.9. The van der Waals surface area contributed by atoms with E-state index in [2.05, 4.69) is 17.0 Å². The lowest BCUT2D eigenvalue weighted by molar-refractivity contribution is -0.384. The molecule has 0 aliphatic heterocycles. The number of furan rings is 1. The number of benzene rings is 2. The fraction of sp³-hybridized carbons (Fsp3) is 0.160. The van der Waals surface area contributed by atoms with Gasteiger partial charge in [-0.1, -0.05) is 36.8 Å². The number of rotatable bonds is 8. The van der Waals surface area contributed by atoms with Gasteiger partial charge in [-0.25, -0.2) is 0 Å². The zero-order chi connectivity index (χ0) is 24.4. The fourth-order valence-corrected chi connectivity index (χ4v) is 4.42. The molecule has 0 saturated heterocycles. The molecule has 9 nitrogen and oxygen atoms in total. The number of aromatic nitrogens is 3. The lowest BCUT2D eigenvalue weighted by Crippen LogP contribution is -2.23. The van der Waals surface area contributed by atoms with Crippen LogP contribution >= 0.6 is 11.3 Å². The van der Waals surface area contributed by atoms with Gasteiger partial charge in [0.15, 0.2) is 5.82 Å². The maximum atomic E-state index is 12.9. The molecule has 3 heterocycles. The van der Waals surface area contributed by atoms with Gasteiger partial charge < -0.3 is 9.15 Å². The highest BCUT2D eigenvalue weighted by atomic mass is 32.1. The van der Waals surface area contributed by atoms with Crippen LogP contribution in [-0.4, -0.2) is 26.1 Å². The van der Waals surface area contributed by atoms with Crippen molar-refractivity contribution in [3.63, 3.8) is 0 Å². The van der Waals surface area contributed by atoms with Gasteiger partial charge in [0.25, 0.3) is 11.2 Å². The Morgan fingerprint density at radius 2 is 1.94 bits per heavy atom. The third-order valence-corrected chi connectivity index (χ3v) is 6.29. The molecule has 0 bridgehead atoms. The first kappa shape index (κ1) is 22.5. The molecular formula is C25H20N4O5S. The van der Waals surface area contributed by atoms with E-state index < -0.39 is 4.92 Å². The lowest BCUT2D eigenvalue weighted by atomic mass is 10.1. The Morgan fingerprint density at radius 1 is 1.14 bits per heavy atom. The van der Waals surface area contributed by atoms with Gasteiger partial charge >= 0.3 is 0 Å². The number of ether oxygens (including phenoxy) is 1. The summed E-state index contributed by atoms with van der Waals surface area (Å²) < 4.78 is 13.1. The topological polar surface area (TPSA) is 113 Å². The Balaban J connectivity index is 1.41. The van der Waals surface area contributed by atoms with E-state index in [0.29, 0.717) is 39.0 Å². The Kier molecular flexibility index (Phi) is 6.11. The van der Waals surface area contributed by atoms with E-state index in [1.165, 1.54) is 21.9 Å². The standard InChI is InChI=1S/C25H20N4O5S/c1-2-3-14-33-17-10-8-16(9-11-17)23-26-25-28(27-23)24(30)22(35-25)15-18-12-13-21(34-18)19-6-4-5-7-20(19)29(31)32/h4-13,15H,2-3,14H2,1H3/b22-15-. The summed E-state index contributed by atoms with van der Waals surface area (Å²) >= 11 is 1.19. The molecule has 0 atom stereocenters. The van der Waals surface area contributed by atoms with Crippen LogP contribution in [-0.2, 0) is 0 Å². The average molecular weight is 489 g/mol. The number of hydrogen-bond donors (Lipinski definition) is 0. The van der Waals surface area contributed by atoms with E-state index in [-0.39, 0.29) is 11.2 Å². The molecule has 0 fully saturated rings. The number of nitro groups is 1. The number of unbranched alkanes of at least 4 members (excludes halogenated alkanes) is 1. The summed E-state index contributed by atoms with van der Waals surface area (Å²) in [5.74, 6) is 1.98. The highest BCUT2D eigenvalue weighted by Gasteiger charge is 2.17. The van der Waals surface area contributed by atoms with Crippen molar-refractivity contribution in [1.82, 2.24) is 14.6 Å². The molecule has 3 aromatic heterocycles. The molecule has 10 heteroatoms. The second-order valence-electron chi connectivity index (χ2n) is 7.75. The van der Waals surface area contributed by atoms with Crippen molar-refractivity contribution in [2.24, 2.45) is 0 Å². The van der Waals surface area contributed by atoms with Gasteiger partial charge in [-0.05, 0) is 48.9 Å². The lowest BCUT2D eigenvalue weighted by Gasteiger charge is -2.05. The number of nitrogens with zero attached hydrogens (tertiary/aromatic N) is 4. The minimum absolute atomic E-state index is 0.0511. The molecule has 0 unspecified atom stereocenters. The Bertz CT molecular complexity index is 1620. The summed E-state index contributed by atoms with van der Waals surface area (Å²) in [5.41, 5.74) is 0.791. The minimum Gasteiger partial charge on any atom is -0.494 e. The predicted octanol–water partition coefficient (Wildman–Crippen LogP) is 4.71. The second kappa shape index (κ2) is 9.51. The highest BCUT2D eigenvalue weighted by molar-refractivity contribution is 7.15. The molecular weight excluding hydrogens is 468 g/mol. The van der Waals surface area contributed by atoms with E-state index in [1.54, 1.807) is 36.4 Å². The number of hydrogen-bond acceptors (Lipinski definition) is 8. The van der Waals surface area contributed by atoms with Crippen LogP contribution in [0.15, 0.2) is 69.9 Å². The van der Waals surface area contributed by atoms with Crippen molar-refractivity contribution in [3.8, 4) is 28.5 Å². The van der Waals surface area contributed by atoms with Crippen molar-refractivity contribution in [2.45, 2.75) is 19.8 Å². The maximum Gasteiger partial charge on any atom is 0.291 e. The van der Waals surface area contributed by atoms with Crippen LogP contribution in [0.1, 0.15) is 25.5 Å². The van der Waals surface area contributed by atoms with Crippen LogP contribution < -0.4 is 14.8 Å². The number of fused-ring (bicyclic) bond motifs is 1. The van der Waals surface area contributed by atoms with Gasteiger partial charge in [-0.15, -0.1) is 5.10 Å². The number of nitro benzene ring substituents is 1. The predicted molar refractivity (Wildman–Crippen MR) is 133 cm³/mol. The Hall–Kier alpha value is -4.31. The quantitative estimate of drug-likeness (QED) is 0.177. The van der Waals surface area contributed by atoms with Crippen LogP contribution in [0.4, 0.5) is 5.69 Å². The summed E-state index contributed by atoms with van der Waals surface area (Å²) in [6.45, 7) is 2.78. The summed E-state index contributed by atoms with van der Waals surface area (Å²) in [7, 11) is 0. The van der Waals surface area contributed by atoms with E-state index >= 15 is 0 Å². The maximum absolute atomic E-state index is 12.9. The van der Waals surface area contributed by atoms with E-state index in [9.17, 15) is 14.9 Å². The van der Waals surface area contributed by atoms with Gasteiger partial charge in [-0.2, -0.15) is 9.50 Å². The van der Waals surface area contributed by atoms with Gasteiger partial charge in [0.2, 0.25) is 4.96 Å². The smallest absolute Gasteiger partial charge is 0.291 e. The molecule has 5 rings (SSSR count). The zero-order valence-corrected chi connectivity index (χ0v) is 19.5. The Labute approximate surface area is 203 Å². The van der Waals surface area contributed by atoms with E-state index in [4.69, 9.17) is 9.15 Å². The molecule has 0 amide bonds. The Morgan fingerprint density at radius 3 is 2.69 bits per heavy atom. The van der Waals surface area contributed by atoms with Crippen molar-refractivity contribution in [2.75, 3.05) is 6.61 Å². The molecule has 0 N–H and O–H groups in total. The monoisotopic (exact) mass is 488 g/mol. The third-order valence-electron chi connectivity index (χ3n) is 5.33. The molecule has 0 aliphatic carbocycles. The summed E-state index contributed by atoms with van der Waals surface area (Å²) in [6, 6.07) is 17.1. The van der Waals surface area contributed by atoms with Crippen LogP contribution in [0.3, 0.4) is 0 Å². The molecule has 0 aliphatic rings. The van der Waals surface area contributed by atoms with Gasteiger partial charge in [0.1, 0.15) is 21.8 Å². The first-order valence-corrected chi connectivity index (χ1v) is 11.8. The van der Waals surface area contributed by atoms with Crippen molar-refractivity contribution < 1.29 is 14.1 Å². The first-order chi connectivity index (χ1) is 17.0. The van der Waals surface area contributed by atoms with Gasteiger partial charge in [0.05, 0.1) is 17.1 Å². The number of thiazole rings is 1. The van der Waals surface area contributed by atoms with Crippen LogP contribution in [0.25, 0.3) is 33.7 Å². The first-order valence-electron chi connectivity index (χ1n) is 11.0. The van der Waals surface area contributed by atoms with Crippen LogP contribution in [0.2, 0.25) is 0 Å². The summed E-state index contributed by atoms with van der Waals surface area (Å²) in [5, 5.41) is 15.7. The molecule has 35 heavy (non-hydrogen) atoms. The van der Waals surface area contributed by atoms with Gasteiger partial charge in [-0.3, -0.25) is 14.9 Å². The summed E-state index contributed by atoms with van der Waals surface area (Å²) in [6.07, 6.45) is 3.66. The molecule has 176 valence electrons. The van der Waals surface area contributed by atoms with Crippen molar-refractivity contribution in [3.05, 3.63) is 91.4 Å². The van der Waals surface area contributed by atoms with Crippen LogP contribution in [0, 0.1) is 10.1 Å². The molecule has 0 radical (unpaired) electrons. The third kappa shape index (κ3) is 4.56. The minimum atomic E-state index is -0.457. The molecule has 5 aromatic rings. The highest BCUT2D eigenvalue weighted by Crippen LogP contribution is 2.31. The summed E-state index contributed by atoms with van der Waals surface area (Å²) in [4.78, 5) is 28.7. The average Bonchev–Trinajstić information content (AvgIpc) is 3.57. The van der Waals surface area contributed by atoms with E-state index in [1.807, 2.05) is 24.3 Å². The molecule has 0 saturated carbocycles. The number of para-hydroxylation sites is 1. The van der Waals surface area contributed by atoms with Crippen LogP contribution in [0.5, 0.6) is 5.75 Å². The van der Waals surface area contributed by atoms with Gasteiger partial charge in [0, 0.05) is 17.7 Å². The van der Waals surface area contributed by atoms with Crippen molar-refractivity contribution in [1.29, 1.82) is 0 Å².